The zero-order valence-corrected chi connectivity index (χ0v) is 9.88. The van der Waals surface area contributed by atoms with Crippen LogP contribution in [0, 0.1) is 0 Å². The highest BCUT2D eigenvalue weighted by Gasteiger charge is 2.20. The van der Waals surface area contributed by atoms with Gasteiger partial charge in [0.2, 0.25) is 0 Å². The molecule has 86 valence electrons. The molecule has 6 heteroatoms. The molecule has 1 heterocycles. The molecule has 0 aromatic rings. The minimum absolute atomic E-state index is 0. The van der Waals surface area contributed by atoms with E-state index in [1.807, 2.05) is 6.92 Å². The molecule has 14 heavy (non-hydrogen) atoms. The summed E-state index contributed by atoms with van der Waals surface area (Å²) in [4.78, 5) is 11.2. The Labute approximate surface area is 97.0 Å². The van der Waals surface area contributed by atoms with Gasteiger partial charge in [-0.25, -0.2) is 0 Å². The Bertz CT molecular complexity index is 152. The molecule has 0 radical (unpaired) electrons. The van der Waals surface area contributed by atoms with E-state index in [1.54, 1.807) is 0 Å². The van der Waals surface area contributed by atoms with Crippen molar-refractivity contribution in [3.63, 3.8) is 0 Å². The Balaban J connectivity index is 0. The van der Waals surface area contributed by atoms with Crippen molar-refractivity contribution in [2.45, 2.75) is 19.4 Å². The number of halogens is 2. The highest BCUT2D eigenvalue weighted by atomic mass is 35.5. The molecule has 0 amide bonds. The van der Waals surface area contributed by atoms with Crippen LogP contribution >= 0.6 is 24.8 Å². The second-order valence-corrected chi connectivity index (χ2v) is 2.88. The molecule has 0 spiro atoms. The van der Waals surface area contributed by atoms with Crippen LogP contribution in [-0.2, 0) is 9.53 Å². The van der Waals surface area contributed by atoms with Crippen molar-refractivity contribution in [1.29, 1.82) is 0 Å². The summed E-state index contributed by atoms with van der Waals surface area (Å²) in [7, 11) is 0. The molecule has 1 aliphatic rings. The van der Waals surface area contributed by atoms with Gasteiger partial charge in [-0.15, -0.1) is 24.8 Å². The van der Waals surface area contributed by atoms with Crippen molar-refractivity contribution in [3.05, 3.63) is 0 Å². The molecule has 1 saturated heterocycles. The van der Waals surface area contributed by atoms with Crippen LogP contribution in [0.3, 0.4) is 0 Å². The molecule has 0 bridgehead atoms. The number of carbonyl (C=O) groups is 1. The van der Waals surface area contributed by atoms with Gasteiger partial charge in [0.05, 0.1) is 6.61 Å². The fourth-order valence-corrected chi connectivity index (χ4v) is 1.12. The van der Waals surface area contributed by atoms with Crippen LogP contribution < -0.4 is 10.6 Å². The van der Waals surface area contributed by atoms with Gasteiger partial charge < -0.3 is 15.4 Å². The summed E-state index contributed by atoms with van der Waals surface area (Å²) < 4.78 is 4.99. The van der Waals surface area contributed by atoms with Gasteiger partial charge in [0.25, 0.3) is 0 Å². The fraction of sp³-hybridized carbons (Fsp3) is 0.875. The molecule has 0 unspecified atom stereocenters. The van der Waals surface area contributed by atoms with Crippen molar-refractivity contribution in [2.75, 3.05) is 26.2 Å². The van der Waals surface area contributed by atoms with E-state index in [4.69, 9.17) is 4.74 Å². The highest BCUT2D eigenvalue weighted by Crippen LogP contribution is 1.92. The number of hydrogen-bond donors (Lipinski definition) is 2. The molecular weight excluding hydrogens is 227 g/mol. The van der Waals surface area contributed by atoms with E-state index in [0.29, 0.717) is 13.2 Å². The Hall–Kier alpha value is -0.0300. The van der Waals surface area contributed by atoms with Crippen molar-refractivity contribution in [2.24, 2.45) is 0 Å². The van der Waals surface area contributed by atoms with Crippen LogP contribution in [0.4, 0.5) is 0 Å². The smallest absolute Gasteiger partial charge is 0.324 e. The first-order chi connectivity index (χ1) is 5.84. The Kier molecular flexibility index (Phi) is 11.2. The zero-order chi connectivity index (χ0) is 8.81. The second kappa shape index (κ2) is 9.52. The van der Waals surface area contributed by atoms with E-state index in [9.17, 15) is 4.79 Å². The molecule has 0 aromatic carbocycles. The molecule has 2 N–H and O–H groups in total. The summed E-state index contributed by atoms with van der Waals surface area (Å²) in [5.74, 6) is -0.135. The molecule has 0 aromatic heterocycles. The average Bonchev–Trinajstić information content (AvgIpc) is 2.15. The summed E-state index contributed by atoms with van der Waals surface area (Å²) in [5.41, 5.74) is 0. The largest absolute Gasteiger partial charge is 0.465 e. The summed E-state index contributed by atoms with van der Waals surface area (Å²) in [6.45, 7) is 4.96. The molecule has 1 fully saturated rings. The average molecular weight is 245 g/mol. The van der Waals surface area contributed by atoms with Crippen LogP contribution in [-0.4, -0.2) is 38.3 Å². The second-order valence-electron chi connectivity index (χ2n) is 2.88. The van der Waals surface area contributed by atoms with Crippen LogP contribution in [0.2, 0.25) is 0 Å². The van der Waals surface area contributed by atoms with E-state index in [2.05, 4.69) is 10.6 Å². The number of carbonyl (C=O) groups excluding carboxylic acids is 1. The number of nitrogens with one attached hydrogen (secondary N) is 2. The third-order valence-corrected chi connectivity index (χ3v) is 1.77. The maximum absolute atomic E-state index is 11.2. The molecule has 4 nitrogen and oxygen atoms in total. The molecule has 0 aliphatic carbocycles. The van der Waals surface area contributed by atoms with E-state index >= 15 is 0 Å². The standard InChI is InChI=1S/C8H16N2O2.2ClH/c1-2-5-12-8(11)7-6-9-3-4-10-7;;/h7,9-10H,2-6H2,1H3;2*1H/t7-;;/m1../s1. The Morgan fingerprint density at radius 3 is 2.64 bits per heavy atom. The van der Waals surface area contributed by atoms with E-state index in [0.717, 1.165) is 19.5 Å². The topological polar surface area (TPSA) is 50.4 Å². The van der Waals surface area contributed by atoms with Crippen LogP contribution in [0.5, 0.6) is 0 Å². The van der Waals surface area contributed by atoms with E-state index in [1.165, 1.54) is 0 Å². The van der Waals surface area contributed by atoms with Crippen LogP contribution in [0.15, 0.2) is 0 Å². The number of hydrogen-bond acceptors (Lipinski definition) is 4. The van der Waals surface area contributed by atoms with Gasteiger partial charge in [-0.1, -0.05) is 6.92 Å². The highest BCUT2D eigenvalue weighted by molar-refractivity contribution is 5.85. The van der Waals surface area contributed by atoms with E-state index in [-0.39, 0.29) is 36.8 Å². The maximum Gasteiger partial charge on any atom is 0.324 e. The van der Waals surface area contributed by atoms with Crippen molar-refractivity contribution in [3.8, 4) is 0 Å². The van der Waals surface area contributed by atoms with Crippen LogP contribution in [0.1, 0.15) is 13.3 Å². The fourth-order valence-electron chi connectivity index (χ4n) is 1.12. The Morgan fingerprint density at radius 1 is 1.43 bits per heavy atom. The van der Waals surface area contributed by atoms with Gasteiger partial charge >= 0.3 is 5.97 Å². The van der Waals surface area contributed by atoms with Crippen molar-refractivity contribution in [1.82, 2.24) is 10.6 Å². The van der Waals surface area contributed by atoms with Gasteiger partial charge in [-0.3, -0.25) is 4.79 Å². The number of piperazine rings is 1. The lowest BCUT2D eigenvalue weighted by atomic mass is 10.2. The van der Waals surface area contributed by atoms with Gasteiger partial charge in [-0.2, -0.15) is 0 Å². The normalized spacial score (nSPS) is 20.2. The lowest BCUT2D eigenvalue weighted by Crippen LogP contribution is -2.52. The third kappa shape index (κ3) is 5.65. The first-order valence-electron chi connectivity index (χ1n) is 4.45. The van der Waals surface area contributed by atoms with Crippen molar-refractivity contribution < 1.29 is 9.53 Å². The Morgan fingerprint density at radius 2 is 2.14 bits per heavy atom. The van der Waals surface area contributed by atoms with Gasteiger partial charge in [0.15, 0.2) is 0 Å². The zero-order valence-electron chi connectivity index (χ0n) is 8.25. The predicted molar refractivity (Wildman–Crippen MR) is 60.4 cm³/mol. The quantitative estimate of drug-likeness (QED) is 0.704. The molecular formula is C8H18Cl2N2O2. The van der Waals surface area contributed by atoms with Crippen molar-refractivity contribution >= 4 is 30.8 Å². The third-order valence-electron chi connectivity index (χ3n) is 1.77. The lowest BCUT2D eigenvalue weighted by molar-refractivity contribution is -0.146. The predicted octanol–water partition coefficient (Wildman–Crippen LogP) is 0.345. The monoisotopic (exact) mass is 244 g/mol. The summed E-state index contributed by atoms with van der Waals surface area (Å²) >= 11 is 0. The molecule has 0 saturated carbocycles. The van der Waals surface area contributed by atoms with Gasteiger partial charge in [-0.05, 0) is 6.42 Å². The first kappa shape index (κ1) is 16.4. The summed E-state index contributed by atoms with van der Waals surface area (Å²) in [6, 6.07) is -0.148. The summed E-state index contributed by atoms with van der Waals surface area (Å²) in [5, 5.41) is 6.22. The molecule has 1 rings (SSSR count). The van der Waals surface area contributed by atoms with Gasteiger partial charge in [0.1, 0.15) is 6.04 Å². The van der Waals surface area contributed by atoms with Gasteiger partial charge in [0, 0.05) is 19.6 Å². The minimum Gasteiger partial charge on any atom is -0.465 e. The number of ether oxygens (including phenoxy) is 1. The molecule has 1 aliphatic heterocycles. The number of esters is 1. The summed E-state index contributed by atoms with van der Waals surface area (Å²) in [6.07, 6.45) is 0.881. The van der Waals surface area contributed by atoms with Crippen LogP contribution in [0.25, 0.3) is 0 Å². The molecule has 1 atom stereocenters. The van der Waals surface area contributed by atoms with E-state index < -0.39 is 0 Å². The first-order valence-corrected chi connectivity index (χ1v) is 4.45. The lowest BCUT2D eigenvalue weighted by Gasteiger charge is -2.22. The minimum atomic E-state index is -0.148. The number of rotatable bonds is 3. The maximum atomic E-state index is 11.2. The SMILES string of the molecule is CCCOC(=O)[C@H]1CNCCN1.Cl.Cl.